The molecule has 0 aliphatic carbocycles. The van der Waals surface area contributed by atoms with Crippen molar-refractivity contribution in [3.63, 3.8) is 0 Å². The first kappa shape index (κ1) is 18.2. The van der Waals surface area contributed by atoms with Crippen LogP contribution in [0.25, 0.3) is 0 Å². The molecule has 0 atom stereocenters. The zero-order valence-corrected chi connectivity index (χ0v) is 14.5. The molecule has 2 N–H and O–H groups in total. The lowest BCUT2D eigenvalue weighted by Crippen LogP contribution is -2.37. The average molecular weight is 375 g/mol. The second-order valence-electron chi connectivity index (χ2n) is 4.55. The van der Waals surface area contributed by atoms with Crippen LogP contribution in [0.4, 0.5) is 0 Å². The summed E-state index contributed by atoms with van der Waals surface area (Å²) >= 11 is 0. The predicted octanol–water partition coefficient (Wildman–Crippen LogP) is 3.47. The summed E-state index contributed by atoms with van der Waals surface area (Å²) in [7, 11) is 1.81. The van der Waals surface area contributed by atoms with E-state index in [0.717, 1.165) is 19.0 Å². The van der Waals surface area contributed by atoms with Crippen LogP contribution in [0.5, 0.6) is 0 Å². The highest BCUT2D eigenvalue weighted by molar-refractivity contribution is 14.0. The van der Waals surface area contributed by atoms with Gasteiger partial charge < -0.3 is 10.6 Å². The minimum Gasteiger partial charge on any atom is -0.356 e. The van der Waals surface area contributed by atoms with Crippen LogP contribution >= 0.6 is 24.0 Å². The standard InChI is InChI=1S/C15H25N3.HI/c1-4-5-6-11-17-15(16-3)18-12-14-9-7-13(2)8-10-14;/h7-10H,4-6,11-12H2,1-3H3,(H2,16,17,18);1H. The molecule has 0 aliphatic rings. The number of benzene rings is 1. The molecule has 0 heterocycles. The van der Waals surface area contributed by atoms with Crippen LogP contribution < -0.4 is 10.6 Å². The van der Waals surface area contributed by atoms with E-state index in [1.807, 2.05) is 7.05 Å². The second-order valence-corrected chi connectivity index (χ2v) is 4.55. The van der Waals surface area contributed by atoms with E-state index in [2.05, 4.69) is 53.7 Å². The van der Waals surface area contributed by atoms with E-state index in [9.17, 15) is 0 Å². The summed E-state index contributed by atoms with van der Waals surface area (Å²) < 4.78 is 0. The van der Waals surface area contributed by atoms with Gasteiger partial charge in [-0.3, -0.25) is 4.99 Å². The van der Waals surface area contributed by atoms with Gasteiger partial charge in [-0.05, 0) is 18.9 Å². The third-order valence-electron chi connectivity index (χ3n) is 2.88. The predicted molar refractivity (Wildman–Crippen MR) is 94.3 cm³/mol. The van der Waals surface area contributed by atoms with Crippen LogP contribution in [0.2, 0.25) is 0 Å². The lowest BCUT2D eigenvalue weighted by molar-refractivity contribution is 0.683. The number of halogens is 1. The summed E-state index contributed by atoms with van der Waals surface area (Å²) in [6.45, 7) is 6.12. The van der Waals surface area contributed by atoms with Crippen molar-refractivity contribution in [2.45, 2.75) is 39.7 Å². The maximum Gasteiger partial charge on any atom is 0.191 e. The fourth-order valence-corrected chi connectivity index (χ4v) is 1.69. The SMILES string of the molecule is CCCCCNC(=NC)NCc1ccc(C)cc1.I. The summed E-state index contributed by atoms with van der Waals surface area (Å²) in [5.74, 6) is 0.881. The molecule has 1 rings (SSSR count). The van der Waals surface area contributed by atoms with Gasteiger partial charge in [0.25, 0.3) is 0 Å². The summed E-state index contributed by atoms with van der Waals surface area (Å²) in [6.07, 6.45) is 3.71. The van der Waals surface area contributed by atoms with E-state index < -0.39 is 0 Å². The fourth-order valence-electron chi connectivity index (χ4n) is 1.69. The molecule has 0 fully saturated rings. The van der Waals surface area contributed by atoms with E-state index in [1.165, 1.54) is 30.4 Å². The number of nitrogens with zero attached hydrogens (tertiary/aromatic N) is 1. The Labute approximate surface area is 134 Å². The van der Waals surface area contributed by atoms with Crippen molar-refractivity contribution < 1.29 is 0 Å². The molecule has 19 heavy (non-hydrogen) atoms. The van der Waals surface area contributed by atoms with Gasteiger partial charge in [0.2, 0.25) is 0 Å². The molecule has 0 unspecified atom stereocenters. The molecule has 1 aromatic rings. The highest BCUT2D eigenvalue weighted by atomic mass is 127. The van der Waals surface area contributed by atoms with Gasteiger partial charge in [-0.25, -0.2) is 0 Å². The monoisotopic (exact) mass is 375 g/mol. The molecular formula is C15H26IN3. The van der Waals surface area contributed by atoms with Gasteiger partial charge >= 0.3 is 0 Å². The first-order valence-corrected chi connectivity index (χ1v) is 6.76. The molecule has 0 aromatic heterocycles. The summed E-state index contributed by atoms with van der Waals surface area (Å²) in [5.41, 5.74) is 2.57. The van der Waals surface area contributed by atoms with Crippen molar-refractivity contribution in [2.75, 3.05) is 13.6 Å². The summed E-state index contributed by atoms with van der Waals surface area (Å²) in [5, 5.41) is 6.65. The van der Waals surface area contributed by atoms with Crippen LogP contribution in [-0.2, 0) is 6.54 Å². The van der Waals surface area contributed by atoms with E-state index in [4.69, 9.17) is 0 Å². The first-order chi connectivity index (χ1) is 8.76. The fraction of sp³-hybridized carbons (Fsp3) is 0.533. The molecule has 0 spiro atoms. The highest BCUT2D eigenvalue weighted by Crippen LogP contribution is 2.02. The number of rotatable bonds is 6. The number of hydrogen-bond acceptors (Lipinski definition) is 1. The van der Waals surface area contributed by atoms with Crippen molar-refractivity contribution in [3.05, 3.63) is 35.4 Å². The average Bonchev–Trinajstić information content (AvgIpc) is 2.40. The number of aliphatic imine (C=N–C) groups is 1. The Balaban J connectivity index is 0.00000324. The Bertz CT molecular complexity index is 360. The lowest BCUT2D eigenvalue weighted by Gasteiger charge is -2.11. The van der Waals surface area contributed by atoms with Gasteiger partial charge in [0.05, 0.1) is 0 Å². The highest BCUT2D eigenvalue weighted by Gasteiger charge is 1.97. The van der Waals surface area contributed by atoms with Crippen LogP contribution in [0.1, 0.15) is 37.3 Å². The Kier molecular flexibility index (Phi) is 10.6. The summed E-state index contributed by atoms with van der Waals surface area (Å²) in [6, 6.07) is 8.56. The second kappa shape index (κ2) is 11.1. The molecule has 3 nitrogen and oxygen atoms in total. The third kappa shape index (κ3) is 8.08. The van der Waals surface area contributed by atoms with Gasteiger partial charge in [-0.1, -0.05) is 49.6 Å². The largest absolute Gasteiger partial charge is 0.356 e. The van der Waals surface area contributed by atoms with E-state index >= 15 is 0 Å². The number of unbranched alkanes of at least 4 members (excludes halogenated alkanes) is 2. The molecule has 0 saturated heterocycles. The van der Waals surface area contributed by atoms with Crippen LogP contribution in [0.15, 0.2) is 29.3 Å². The van der Waals surface area contributed by atoms with Gasteiger partial charge in [0, 0.05) is 20.1 Å². The maximum absolute atomic E-state index is 4.21. The van der Waals surface area contributed by atoms with Gasteiger partial charge in [0.15, 0.2) is 5.96 Å². The van der Waals surface area contributed by atoms with Crippen molar-refractivity contribution in [3.8, 4) is 0 Å². The van der Waals surface area contributed by atoms with Gasteiger partial charge in [-0.15, -0.1) is 24.0 Å². The normalized spacial score (nSPS) is 10.8. The minimum atomic E-state index is 0. The molecule has 0 amide bonds. The van der Waals surface area contributed by atoms with E-state index in [1.54, 1.807) is 0 Å². The molecule has 108 valence electrons. The van der Waals surface area contributed by atoms with Crippen LogP contribution in [0, 0.1) is 6.92 Å². The van der Waals surface area contributed by atoms with Crippen molar-refractivity contribution in [1.82, 2.24) is 10.6 Å². The van der Waals surface area contributed by atoms with E-state index in [-0.39, 0.29) is 24.0 Å². The molecule has 0 saturated carbocycles. The van der Waals surface area contributed by atoms with Gasteiger partial charge in [-0.2, -0.15) is 0 Å². The Morgan fingerprint density at radius 1 is 1.11 bits per heavy atom. The maximum atomic E-state index is 4.21. The zero-order chi connectivity index (χ0) is 13.2. The minimum absolute atomic E-state index is 0. The van der Waals surface area contributed by atoms with Crippen LogP contribution in [-0.4, -0.2) is 19.6 Å². The van der Waals surface area contributed by atoms with Crippen molar-refractivity contribution >= 4 is 29.9 Å². The van der Waals surface area contributed by atoms with E-state index in [0.29, 0.717) is 0 Å². The molecule has 0 radical (unpaired) electrons. The number of aryl methyl sites for hydroxylation is 1. The van der Waals surface area contributed by atoms with Gasteiger partial charge in [0.1, 0.15) is 0 Å². The topological polar surface area (TPSA) is 36.4 Å². The molecule has 4 heteroatoms. The lowest BCUT2D eigenvalue weighted by atomic mass is 10.1. The molecule has 0 aliphatic heterocycles. The zero-order valence-electron chi connectivity index (χ0n) is 12.2. The first-order valence-electron chi connectivity index (χ1n) is 6.76. The van der Waals surface area contributed by atoms with Crippen molar-refractivity contribution in [2.24, 2.45) is 4.99 Å². The Hall–Kier alpha value is -0.780. The van der Waals surface area contributed by atoms with Crippen LogP contribution in [0.3, 0.4) is 0 Å². The smallest absolute Gasteiger partial charge is 0.191 e. The number of nitrogens with one attached hydrogen (secondary N) is 2. The Morgan fingerprint density at radius 3 is 2.37 bits per heavy atom. The molecule has 0 bridgehead atoms. The Morgan fingerprint density at radius 2 is 1.79 bits per heavy atom. The van der Waals surface area contributed by atoms with Crippen molar-refractivity contribution in [1.29, 1.82) is 0 Å². The third-order valence-corrected chi connectivity index (χ3v) is 2.88. The quantitative estimate of drug-likeness (QED) is 0.346. The molecular weight excluding hydrogens is 349 g/mol. The molecule has 1 aromatic carbocycles. The number of hydrogen-bond donors (Lipinski definition) is 2. The number of guanidine groups is 1. The summed E-state index contributed by atoms with van der Waals surface area (Å²) in [4.78, 5) is 4.21.